The Bertz CT molecular complexity index is 83.8. The first-order valence-electron chi connectivity index (χ1n) is 3.60. The summed E-state index contributed by atoms with van der Waals surface area (Å²) in [6.45, 7) is 3.28. The van der Waals surface area contributed by atoms with Crippen molar-refractivity contribution < 1.29 is 9.84 Å². The average Bonchev–Trinajstić information content (AvgIpc) is 2.03. The molecule has 1 saturated heterocycles. The maximum atomic E-state index is 8.46. The van der Waals surface area contributed by atoms with E-state index in [9.17, 15) is 0 Å². The van der Waals surface area contributed by atoms with Crippen LogP contribution in [0.25, 0.3) is 0 Å². The van der Waals surface area contributed by atoms with E-state index in [-0.39, 0.29) is 12.8 Å². The predicted molar refractivity (Wildman–Crippen MR) is 37.7 cm³/mol. The molecular formula is C6H14N2O2. The van der Waals surface area contributed by atoms with E-state index in [0.29, 0.717) is 6.54 Å². The van der Waals surface area contributed by atoms with E-state index in [1.54, 1.807) is 0 Å². The van der Waals surface area contributed by atoms with Crippen LogP contribution in [0.4, 0.5) is 0 Å². The largest absolute Gasteiger partial charge is 0.395 e. The number of aliphatic hydroxyl groups is 1. The van der Waals surface area contributed by atoms with Crippen LogP contribution < -0.4 is 10.6 Å². The molecule has 0 aromatic heterocycles. The maximum Gasteiger partial charge on any atom is 0.120 e. The van der Waals surface area contributed by atoms with Gasteiger partial charge in [-0.05, 0) is 0 Å². The normalized spacial score (nSPS) is 26.7. The number of nitrogens with one attached hydrogen (secondary N) is 2. The van der Waals surface area contributed by atoms with Gasteiger partial charge in [-0.2, -0.15) is 0 Å². The van der Waals surface area contributed by atoms with E-state index in [1.807, 2.05) is 0 Å². The fourth-order valence-electron chi connectivity index (χ4n) is 0.922. The summed E-state index contributed by atoms with van der Waals surface area (Å²) in [6.07, 6.45) is 0.0842. The molecule has 0 bridgehead atoms. The first kappa shape index (κ1) is 7.94. The van der Waals surface area contributed by atoms with Gasteiger partial charge in [-0.15, -0.1) is 0 Å². The molecule has 1 fully saturated rings. The Morgan fingerprint density at radius 3 is 3.20 bits per heavy atom. The van der Waals surface area contributed by atoms with Crippen LogP contribution in [0, 0.1) is 0 Å². The van der Waals surface area contributed by atoms with Crippen molar-refractivity contribution in [2.24, 2.45) is 0 Å². The molecule has 10 heavy (non-hydrogen) atoms. The molecular weight excluding hydrogens is 132 g/mol. The summed E-state index contributed by atoms with van der Waals surface area (Å²) in [4.78, 5) is 0. The molecule has 1 aliphatic rings. The van der Waals surface area contributed by atoms with Gasteiger partial charge in [0.15, 0.2) is 0 Å². The second kappa shape index (κ2) is 4.62. The van der Waals surface area contributed by atoms with Crippen molar-refractivity contribution in [3.8, 4) is 0 Å². The van der Waals surface area contributed by atoms with Crippen molar-refractivity contribution in [2.75, 3.05) is 32.8 Å². The summed E-state index contributed by atoms with van der Waals surface area (Å²) in [5, 5.41) is 14.7. The van der Waals surface area contributed by atoms with Crippen molar-refractivity contribution in [2.45, 2.75) is 6.23 Å². The lowest BCUT2D eigenvalue weighted by Crippen LogP contribution is -2.47. The Kier molecular flexibility index (Phi) is 3.67. The van der Waals surface area contributed by atoms with Gasteiger partial charge < -0.3 is 15.2 Å². The topological polar surface area (TPSA) is 53.5 Å². The van der Waals surface area contributed by atoms with E-state index in [0.717, 1.165) is 19.7 Å². The third-order valence-electron chi connectivity index (χ3n) is 1.41. The highest BCUT2D eigenvalue weighted by Gasteiger charge is 2.10. The number of rotatable bonds is 3. The Morgan fingerprint density at radius 2 is 2.60 bits per heavy atom. The number of hydrogen-bond acceptors (Lipinski definition) is 4. The number of aliphatic hydroxyl groups excluding tert-OH is 1. The summed E-state index contributed by atoms with van der Waals surface area (Å²) in [6, 6.07) is 0. The van der Waals surface area contributed by atoms with E-state index in [1.165, 1.54) is 0 Å². The zero-order valence-electron chi connectivity index (χ0n) is 5.97. The molecule has 3 N–H and O–H groups in total. The Hall–Kier alpha value is -0.160. The first-order valence-corrected chi connectivity index (χ1v) is 3.60. The third-order valence-corrected chi connectivity index (χ3v) is 1.41. The molecule has 1 rings (SSSR count). The van der Waals surface area contributed by atoms with Gasteiger partial charge in [0.1, 0.15) is 6.23 Å². The molecule has 0 aliphatic carbocycles. The molecule has 1 heterocycles. The van der Waals surface area contributed by atoms with Gasteiger partial charge in [0, 0.05) is 19.6 Å². The predicted octanol–water partition coefficient (Wildman–Crippen LogP) is -1.49. The maximum absolute atomic E-state index is 8.46. The smallest absolute Gasteiger partial charge is 0.120 e. The zero-order chi connectivity index (χ0) is 7.23. The molecule has 60 valence electrons. The molecule has 1 atom stereocenters. The molecule has 0 radical (unpaired) electrons. The monoisotopic (exact) mass is 146 g/mol. The SMILES string of the molecule is OCCNC1CNCCO1. The number of ether oxygens (including phenoxy) is 1. The van der Waals surface area contributed by atoms with Gasteiger partial charge in [-0.25, -0.2) is 0 Å². The van der Waals surface area contributed by atoms with Crippen molar-refractivity contribution in [3.05, 3.63) is 0 Å². The molecule has 0 spiro atoms. The highest BCUT2D eigenvalue weighted by atomic mass is 16.5. The van der Waals surface area contributed by atoms with Crippen molar-refractivity contribution >= 4 is 0 Å². The molecule has 0 aromatic rings. The standard InChI is InChI=1S/C6H14N2O2/c9-3-1-8-6-5-7-2-4-10-6/h6-9H,1-5H2. The zero-order valence-corrected chi connectivity index (χ0v) is 5.97. The Balaban J connectivity index is 2.02. The third kappa shape index (κ3) is 2.62. The van der Waals surface area contributed by atoms with Crippen molar-refractivity contribution in [1.82, 2.24) is 10.6 Å². The van der Waals surface area contributed by atoms with Gasteiger partial charge in [0.05, 0.1) is 13.2 Å². The highest BCUT2D eigenvalue weighted by molar-refractivity contribution is 4.63. The minimum Gasteiger partial charge on any atom is -0.395 e. The lowest BCUT2D eigenvalue weighted by molar-refractivity contribution is 0.00485. The van der Waals surface area contributed by atoms with Crippen LogP contribution in [0.2, 0.25) is 0 Å². The molecule has 4 nitrogen and oxygen atoms in total. The van der Waals surface area contributed by atoms with Crippen molar-refractivity contribution in [3.63, 3.8) is 0 Å². The van der Waals surface area contributed by atoms with Crippen molar-refractivity contribution in [1.29, 1.82) is 0 Å². The molecule has 0 saturated carbocycles. The van der Waals surface area contributed by atoms with Crippen LogP contribution in [0.15, 0.2) is 0 Å². The van der Waals surface area contributed by atoms with Crippen LogP contribution in [-0.2, 0) is 4.74 Å². The minimum absolute atomic E-state index is 0.0842. The molecule has 1 unspecified atom stereocenters. The molecule has 0 aromatic carbocycles. The second-order valence-corrected chi connectivity index (χ2v) is 2.24. The van der Waals surface area contributed by atoms with E-state index >= 15 is 0 Å². The van der Waals surface area contributed by atoms with Gasteiger partial charge in [0.25, 0.3) is 0 Å². The van der Waals surface area contributed by atoms with Crippen LogP contribution in [0.1, 0.15) is 0 Å². The molecule has 0 amide bonds. The van der Waals surface area contributed by atoms with Crippen LogP contribution in [-0.4, -0.2) is 44.2 Å². The number of morpholine rings is 1. The van der Waals surface area contributed by atoms with E-state index in [2.05, 4.69) is 10.6 Å². The lowest BCUT2D eigenvalue weighted by Gasteiger charge is -2.24. The van der Waals surface area contributed by atoms with E-state index in [4.69, 9.17) is 9.84 Å². The van der Waals surface area contributed by atoms with Crippen LogP contribution >= 0.6 is 0 Å². The Morgan fingerprint density at radius 1 is 1.70 bits per heavy atom. The quantitative estimate of drug-likeness (QED) is 0.454. The Labute approximate surface area is 60.6 Å². The van der Waals surface area contributed by atoms with Gasteiger partial charge in [-0.3, -0.25) is 5.32 Å². The van der Waals surface area contributed by atoms with Crippen LogP contribution in [0.3, 0.4) is 0 Å². The summed E-state index contributed by atoms with van der Waals surface area (Å²) < 4.78 is 5.30. The second-order valence-electron chi connectivity index (χ2n) is 2.24. The number of hydrogen-bond donors (Lipinski definition) is 3. The summed E-state index contributed by atoms with van der Waals surface area (Å²) in [5.74, 6) is 0. The summed E-state index contributed by atoms with van der Waals surface area (Å²) >= 11 is 0. The summed E-state index contributed by atoms with van der Waals surface area (Å²) in [5.41, 5.74) is 0. The van der Waals surface area contributed by atoms with Gasteiger partial charge in [0.2, 0.25) is 0 Å². The molecule has 1 aliphatic heterocycles. The van der Waals surface area contributed by atoms with Crippen LogP contribution in [0.5, 0.6) is 0 Å². The van der Waals surface area contributed by atoms with Gasteiger partial charge >= 0.3 is 0 Å². The van der Waals surface area contributed by atoms with E-state index < -0.39 is 0 Å². The minimum atomic E-state index is 0.0842. The fraction of sp³-hybridized carbons (Fsp3) is 1.00. The average molecular weight is 146 g/mol. The summed E-state index contributed by atoms with van der Waals surface area (Å²) in [7, 11) is 0. The fourth-order valence-corrected chi connectivity index (χ4v) is 0.922. The molecule has 4 heteroatoms. The highest BCUT2D eigenvalue weighted by Crippen LogP contribution is 1.89. The lowest BCUT2D eigenvalue weighted by atomic mass is 10.4. The first-order chi connectivity index (χ1) is 4.93. The van der Waals surface area contributed by atoms with Gasteiger partial charge in [-0.1, -0.05) is 0 Å².